The third-order valence-electron chi connectivity index (χ3n) is 4.54. The number of carbonyl (C=O) groups is 1. The van der Waals surface area contributed by atoms with Gasteiger partial charge in [0.15, 0.2) is 0 Å². The van der Waals surface area contributed by atoms with Gasteiger partial charge in [-0.15, -0.1) is 10.0 Å². The van der Waals surface area contributed by atoms with Crippen LogP contribution in [0.4, 0.5) is 5.69 Å². The molecule has 0 saturated carbocycles. The minimum Gasteiger partial charge on any atom is -0.481 e. The summed E-state index contributed by atoms with van der Waals surface area (Å²) in [5.41, 5.74) is 4.70. The van der Waals surface area contributed by atoms with Gasteiger partial charge in [0.2, 0.25) is 0 Å². The Hall–Kier alpha value is -3.26. The predicted octanol–water partition coefficient (Wildman–Crippen LogP) is 4.57. The fraction of sp³-hybridized carbons (Fsp3) is 0.150. The largest absolute Gasteiger partial charge is 0.481 e. The number of carboxylic acids is 1. The fourth-order valence-corrected chi connectivity index (χ4v) is 3.78. The molecule has 0 aliphatic carbocycles. The lowest BCUT2D eigenvalue weighted by Gasteiger charge is -2.08. The van der Waals surface area contributed by atoms with Crippen LogP contribution in [0, 0.1) is 4.91 Å². The summed E-state index contributed by atoms with van der Waals surface area (Å²) in [5, 5.41) is 21.9. The molecule has 4 rings (SSSR count). The van der Waals surface area contributed by atoms with Crippen LogP contribution in [0.2, 0.25) is 0 Å². The minimum atomic E-state index is -0.897. The van der Waals surface area contributed by atoms with Crippen LogP contribution in [0.25, 0.3) is 22.0 Å². The number of nitrogens with zero attached hydrogens (tertiary/aromatic N) is 4. The van der Waals surface area contributed by atoms with Crippen molar-refractivity contribution in [3.8, 4) is 11.1 Å². The van der Waals surface area contributed by atoms with Crippen LogP contribution in [0.15, 0.2) is 64.0 Å². The van der Waals surface area contributed by atoms with Gasteiger partial charge >= 0.3 is 5.97 Å². The van der Waals surface area contributed by atoms with Gasteiger partial charge in [0.25, 0.3) is 0 Å². The highest BCUT2D eigenvalue weighted by molar-refractivity contribution is 8.14. The maximum Gasteiger partial charge on any atom is 0.313 e. The molecule has 2 heterocycles. The monoisotopic (exact) mass is 392 g/mol. The summed E-state index contributed by atoms with van der Waals surface area (Å²) in [6, 6.07) is 13.6. The first kappa shape index (κ1) is 18.1. The smallest absolute Gasteiger partial charge is 0.313 e. The van der Waals surface area contributed by atoms with Gasteiger partial charge in [-0.25, -0.2) is 0 Å². The second-order valence-electron chi connectivity index (χ2n) is 6.46. The second kappa shape index (κ2) is 7.40. The van der Waals surface area contributed by atoms with Crippen LogP contribution in [0.1, 0.15) is 12.0 Å². The first-order valence-electron chi connectivity index (χ1n) is 8.56. The van der Waals surface area contributed by atoms with E-state index < -0.39 is 5.97 Å². The molecule has 1 aliphatic heterocycles. The minimum absolute atomic E-state index is 0.0561. The Labute approximate surface area is 164 Å². The number of aromatic nitrogens is 1. The summed E-state index contributed by atoms with van der Waals surface area (Å²) in [6.45, 7) is 0. The van der Waals surface area contributed by atoms with Gasteiger partial charge in [-0.2, -0.15) is 5.10 Å². The van der Waals surface area contributed by atoms with Gasteiger partial charge in [0, 0.05) is 30.7 Å². The van der Waals surface area contributed by atoms with Crippen molar-refractivity contribution in [3.05, 3.63) is 59.1 Å². The van der Waals surface area contributed by atoms with Crippen molar-refractivity contribution in [2.45, 2.75) is 6.42 Å². The molecule has 0 bridgehead atoms. The van der Waals surface area contributed by atoms with E-state index in [2.05, 4.69) is 27.5 Å². The van der Waals surface area contributed by atoms with E-state index in [9.17, 15) is 9.70 Å². The molecular formula is C20H16N4O3S. The summed E-state index contributed by atoms with van der Waals surface area (Å²) in [5.74, 6) is -0.953. The molecule has 0 radical (unpaired) electrons. The van der Waals surface area contributed by atoms with Crippen LogP contribution in [0.5, 0.6) is 0 Å². The molecule has 140 valence electrons. The Balaban J connectivity index is 1.66. The molecule has 28 heavy (non-hydrogen) atoms. The van der Waals surface area contributed by atoms with Gasteiger partial charge < -0.3 is 9.67 Å². The number of nitroso groups, excluding NO2 is 1. The molecule has 0 spiro atoms. The number of benzene rings is 2. The van der Waals surface area contributed by atoms with Crippen LogP contribution < -0.4 is 0 Å². The highest BCUT2D eigenvalue weighted by Gasteiger charge is 2.18. The highest BCUT2D eigenvalue weighted by atomic mass is 32.2. The third kappa shape index (κ3) is 3.59. The van der Waals surface area contributed by atoms with E-state index in [1.165, 1.54) is 0 Å². The molecule has 0 saturated heterocycles. The molecule has 0 unspecified atom stereocenters. The summed E-state index contributed by atoms with van der Waals surface area (Å²) in [4.78, 5) is 22.0. The molecule has 0 amide bonds. The zero-order chi connectivity index (χ0) is 19.7. The Kier molecular flexibility index (Phi) is 4.79. The van der Waals surface area contributed by atoms with E-state index in [-0.39, 0.29) is 5.75 Å². The van der Waals surface area contributed by atoms with Gasteiger partial charge in [-0.3, -0.25) is 4.79 Å². The first-order valence-corrected chi connectivity index (χ1v) is 9.54. The van der Waals surface area contributed by atoms with E-state index in [1.807, 2.05) is 36.0 Å². The van der Waals surface area contributed by atoms with E-state index in [4.69, 9.17) is 5.11 Å². The molecular weight excluding hydrogens is 376 g/mol. The van der Waals surface area contributed by atoms with E-state index >= 15 is 0 Å². The number of carboxylic acid groups (broad SMARTS) is 1. The molecule has 3 aromatic rings. The van der Waals surface area contributed by atoms with Crippen LogP contribution in [-0.2, 0) is 11.8 Å². The third-order valence-corrected chi connectivity index (χ3v) is 5.49. The molecule has 1 N–H and O–H groups in total. The normalized spacial score (nSPS) is 13.5. The summed E-state index contributed by atoms with van der Waals surface area (Å²) < 4.78 is 2.04. The summed E-state index contributed by atoms with van der Waals surface area (Å²) in [7, 11) is 1.99. The van der Waals surface area contributed by atoms with Gasteiger partial charge in [0.1, 0.15) is 10.7 Å². The van der Waals surface area contributed by atoms with E-state index in [0.717, 1.165) is 39.4 Å². The number of thioether (sulfide) groups is 1. The van der Waals surface area contributed by atoms with Crippen molar-refractivity contribution in [1.29, 1.82) is 0 Å². The molecule has 8 heteroatoms. The van der Waals surface area contributed by atoms with E-state index in [0.29, 0.717) is 22.9 Å². The molecule has 1 aliphatic rings. The number of hydrogen-bond acceptors (Lipinski definition) is 6. The van der Waals surface area contributed by atoms with Crippen LogP contribution in [0.3, 0.4) is 0 Å². The van der Waals surface area contributed by atoms with Crippen molar-refractivity contribution in [3.63, 3.8) is 0 Å². The lowest BCUT2D eigenvalue weighted by molar-refractivity contribution is -0.133. The first-order chi connectivity index (χ1) is 13.5. The van der Waals surface area contributed by atoms with Gasteiger partial charge in [-0.1, -0.05) is 23.9 Å². The number of aliphatic carboxylic acids is 1. The topological polar surface area (TPSA) is 96.4 Å². The number of fused-ring (bicyclic) bond motifs is 1. The Morgan fingerprint density at radius 1 is 1.14 bits per heavy atom. The molecule has 0 fully saturated rings. The molecule has 0 atom stereocenters. The highest BCUT2D eigenvalue weighted by Crippen LogP contribution is 2.31. The maximum atomic E-state index is 11.2. The van der Waals surface area contributed by atoms with Crippen molar-refractivity contribution in [2.75, 3.05) is 5.75 Å². The second-order valence-corrected chi connectivity index (χ2v) is 7.51. The van der Waals surface area contributed by atoms with Crippen molar-refractivity contribution < 1.29 is 9.90 Å². The Bertz CT molecular complexity index is 1160. The zero-order valence-corrected chi connectivity index (χ0v) is 15.8. The number of aryl methyl sites for hydroxylation is 1. The summed E-state index contributed by atoms with van der Waals surface area (Å²) >= 11 is 1.15. The van der Waals surface area contributed by atoms with Crippen LogP contribution in [-0.4, -0.2) is 32.2 Å². The molecule has 2 aromatic carbocycles. The zero-order valence-electron chi connectivity index (χ0n) is 15.0. The van der Waals surface area contributed by atoms with Crippen molar-refractivity contribution >= 4 is 45.1 Å². The number of hydrogen-bond donors (Lipinski definition) is 1. The average molecular weight is 392 g/mol. The predicted molar refractivity (Wildman–Crippen MR) is 112 cm³/mol. The maximum absolute atomic E-state index is 11.2. The van der Waals surface area contributed by atoms with Gasteiger partial charge in [0.05, 0.1) is 11.5 Å². The lowest BCUT2D eigenvalue weighted by Crippen LogP contribution is -2.05. The van der Waals surface area contributed by atoms with Crippen LogP contribution >= 0.6 is 11.8 Å². The molecule has 1 aromatic heterocycles. The van der Waals surface area contributed by atoms with Crippen molar-refractivity contribution in [2.24, 2.45) is 22.4 Å². The molecule has 7 nitrogen and oxygen atoms in total. The fourth-order valence-electron chi connectivity index (χ4n) is 3.15. The summed E-state index contributed by atoms with van der Waals surface area (Å²) in [6.07, 6.45) is 2.45. The Morgan fingerprint density at radius 2 is 1.96 bits per heavy atom. The SMILES string of the molecule is Cn1ccc2ccc(-c3cc(N=O)cc(C4=NN=C(SCC(=O)O)C4)c3)cc21. The lowest BCUT2D eigenvalue weighted by atomic mass is 9.98. The Morgan fingerprint density at radius 3 is 2.75 bits per heavy atom. The standard InChI is InChI=1S/C20H16N4O3S/c1-24-5-4-12-2-3-13(9-18(12)24)14-6-15(8-16(7-14)23-27)17-10-19(22-21-17)28-11-20(25)26/h2-9H,10-11H2,1H3,(H,25,26). The van der Waals surface area contributed by atoms with E-state index in [1.54, 1.807) is 12.1 Å². The number of rotatable bonds is 5. The van der Waals surface area contributed by atoms with Crippen molar-refractivity contribution in [1.82, 2.24) is 4.57 Å². The average Bonchev–Trinajstić information content (AvgIpc) is 3.33. The quantitative estimate of drug-likeness (QED) is 0.643. The van der Waals surface area contributed by atoms with Gasteiger partial charge in [-0.05, 0) is 52.0 Å².